The summed E-state index contributed by atoms with van der Waals surface area (Å²) >= 11 is 3.26. The number of hydrogen-bond acceptors (Lipinski definition) is 5. The number of nitrogens with zero attached hydrogens (tertiary/aromatic N) is 1. The number of amides is 2. The third-order valence-electron chi connectivity index (χ3n) is 3.49. The molecule has 2 N–H and O–H groups in total. The van der Waals surface area contributed by atoms with E-state index in [-0.39, 0.29) is 12.0 Å². The lowest BCUT2D eigenvalue weighted by atomic mass is 10.1. The second kappa shape index (κ2) is 9.02. The molecule has 142 valence electrons. The van der Waals surface area contributed by atoms with Crippen molar-refractivity contribution in [1.82, 2.24) is 10.6 Å². The van der Waals surface area contributed by atoms with Crippen molar-refractivity contribution in [2.24, 2.45) is 5.16 Å². The summed E-state index contributed by atoms with van der Waals surface area (Å²) in [5.41, 5.74) is 0.297. The van der Waals surface area contributed by atoms with E-state index in [9.17, 15) is 9.59 Å². The Morgan fingerprint density at radius 2 is 2.04 bits per heavy atom. The number of hydrogen-bond donors (Lipinski definition) is 2. The molecular weight excluding hydrogens is 402 g/mol. The summed E-state index contributed by atoms with van der Waals surface area (Å²) < 4.78 is 5.98. The van der Waals surface area contributed by atoms with Gasteiger partial charge in [-0.2, -0.15) is 0 Å². The molecule has 0 aliphatic carbocycles. The van der Waals surface area contributed by atoms with Crippen LogP contribution in [0.3, 0.4) is 0 Å². The Balaban J connectivity index is 1.96. The largest absolute Gasteiger partial charge is 0.444 e. The molecule has 0 saturated carbocycles. The van der Waals surface area contributed by atoms with Crippen molar-refractivity contribution >= 4 is 32.6 Å². The second-order valence-corrected chi connectivity index (χ2v) is 7.95. The van der Waals surface area contributed by atoms with Crippen LogP contribution in [0.5, 0.6) is 0 Å². The molecule has 1 unspecified atom stereocenters. The van der Waals surface area contributed by atoms with Gasteiger partial charge in [-0.3, -0.25) is 4.79 Å². The third kappa shape index (κ3) is 7.03. The molecule has 2 rings (SSSR count). The van der Waals surface area contributed by atoms with Crippen molar-refractivity contribution in [1.29, 1.82) is 0 Å². The number of halogens is 1. The lowest BCUT2D eigenvalue weighted by Gasteiger charge is -2.23. The molecule has 1 aliphatic rings. The van der Waals surface area contributed by atoms with E-state index >= 15 is 0 Å². The number of benzene rings is 1. The summed E-state index contributed by atoms with van der Waals surface area (Å²) in [4.78, 5) is 29.9. The molecule has 2 atom stereocenters. The van der Waals surface area contributed by atoms with Crippen LogP contribution >= 0.6 is 15.9 Å². The maximum Gasteiger partial charge on any atom is 0.408 e. The van der Waals surface area contributed by atoms with Crippen LogP contribution in [0.15, 0.2) is 35.5 Å². The van der Waals surface area contributed by atoms with Crippen molar-refractivity contribution in [3.05, 3.63) is 35.9 Å². The van der Waals surface area contributed by atoms with Gasteiger partial charge in [-0.25, -0.2) is 4.79 Å². The van der Waals surface area contributed by atoms with Crippen LogP contribution in [0.1, 0.15) is 32.8 Å². The van der Waals surface area contributed by atoms with E-state index in [0.29, 0.717) is 24.0 Å². The summed E-state index contributed by atoms with van der Waals surface area (Å²) in [7, 11) is 0. The van der Waals surface area contributed by atoms with Crippen LogP contribution in [0, 0.1) is 0 Å². The Morgan fingerprint density at radius 1 is 1.35 bits per heavy atom. The van der Waals surface area contributed by atoms with E-state index in [4.69, 9.17) is 9.57 Å². The lowest BCUT2D eigenvalue weighted by Crippen LogP contribution is -2.50. The molecule has 26 heavy (non-hydrogen) atoms. The molecule has 8 heteroatoms. The molecular formula is C18H24BrN3O4. The zero-order chi connectivity index (χ0) is 19.2. The Morgan fingerprint density at radius 3 is 2.62 bits per heavy atom. The molecule has 7 nitrogen and oxygen atoms in total. The second-order valence-electron chi connectivity index (χ2n) is 7.03. The molecule has 1 heterocycles. The Kier molecular flexibility index (Phi) is 7.02. The normalized spacial score (nSPS) is 17.7. The van der Waals surface area contributed by atoms with E-state index in [1.807, 2.05) is 30.3 Å². The van der Waals surface area contributed by atoms with Crippen LogP contribution in [0.4, 0.5) is 4.79 Å². The topological polar surface area (TPSA) is 89.0 Å². The van der Waals surface area contributed by atoms with E-state index in [1.54, 1.807) is 20.8 Å². The van der Waals surface area contributed by atoms with Crippen molar-refractivity contribution in [3.63, 3.8) is 0 Å². The van der Waals surface area contributed by atoms with Gasteiger partial charge >= 0.3 is 6.09 Å². The van der Waals surface area contributed by atoms with Gasteiger partial charge < -0.3 is 20.2 Å². The molecule has 0 bridgehead atoms. The van der Waals surface area contributed by atoms with E-state index in [0.717, 1.165) is 5.56 Å². The quantitative estimate of drug-likeness (QED) is 0.732. The van der Waals surface area contributed by atoms with Crippen molar-refractivity contribution in [2.45, 2.75) is 51.4 Å². The Labute approximate surface area is 161 Å². The average Bonchev–Trinajstić information content (AvgIpc) is 2.96. The van der Waals surface area contributed by atoms with Crippen molar-refractivity contribution in [2.75, 3.05) is 6.54 Å². The smallest absolute Gasteiger partial charge is 0.408 e. The van der Waals surface area contributed by atoms with Crippen molar-refractivity contribution < 1.29 is 19.2 Å². The van der Waals surface area contributed by atoms with Gasteiger partial charge in [-0.05, 0) is 42.3 Å². The summed E-state index contributed by atoms with van der Waals surface area (Å²) in [5, 5.41) is 9.25. The predicted molar refractivity (Wildman–Crippen MR) is 102 cm³/mol. The molecule has 0 fully saturated rings. The summed E-state index contributed by atoms with van der Waals surface area (Å²) in [6.07, 6.45) is 0.116. The van der Waals surface area contributed by atoms with Gasteiger partial charge in [0.25, 0.3) is 0 Å². The van der Waals surface area contributed by atoms with Crippen LogP contribution in [-0.2, 0) is 20.8 Å². The molecule has 2 amide bonds. The highest BCUT2D eigenvalue weighted by Gasteiger charge is 2.26. The Hall–Kier alpha value is -2.09. The van der Waals surface area contributed by atoms with Crippen LogP contribution < -0.4 is 10.6 Å². The standard InChI is InChI=1S/C18H24BrN3O4/c1-18(2,3)25-17(24)21-14(9-12-7-5-4-6-8-12)16(23)20-11-13-10-15(19)22-26-13/h4-8,13-14H,9-11H2,1-3H3,(H,20,23)(H,21,24)/t13?,14-/m0/s1. The van der Waals surface area contributed by atoms with Gasteiger partial charge in [0, 0.05) is 12.8 Å². The molecule has 1 aromatic rings. The van der Waals surface area contributed by atoms with E-state index in [2.05, 4.69) is 31.7 Å². The number of oxime groups is 1. The minimum Gasteiger partial charge on any atom is -0.444 e. The number of carbonyl (C=O) groups excluding carboxylic acids is 2. The molecule has 0 saturated heterocycles. The predicted octanol–water partition coefficient (Wildman–Crippen LogP) is 2.74. The fraction of sp³-hybridized carbons (Fsp3) is 0.500. The number of nitrogens with one attached hydrogen (secondary N) is 2. The zero-order valence-electron chi connectivity index (χ0n) is 15.1. The monoisotopic (exact) mass is 425 g/mol. The summed E-state index contributed by atoms with van der Waals surface area (Å²) in [5.74, 6) is -0.300. The van der Waals surface area contributed by atoms with Crippen LogP contribution in [0.25, 0.3) is 0 Å². The fourth-order valence-corrected chi connectivity index (χ4v) is 2.79. The first-order valence-electron chi connectivity index (χ1n) is 8.42. The number of rotatable bonds is 6. The van der Waals surface area contributed by atoms with Gasteiger partial charge in [0.05, 0.1) is 6.54 Å². The first kappa shape index (κ1) is 20.2. The number of carbonyl (C=O) groups is 2. The first-order chi connectivity index (χ1) is 12.2. The molecule has 1 aromatic carbocycles. The SMILES string of the molecule is CC(C)(C)OC(=O)N[C@@H](Cc1ccccc1)C(=O)NCC1CC(Br)=NO1. The van der Waals surface area contributed by atoms with Gasteiger partial charge in [-0.15, -0.1) is 0 Å². The van der Waals surface area contributed by atoms with E-state index in [1.165, 1.54) is 0 Å². The van der Waals surface area contributed by atoms with E-state index < -0.39 is 17.7 Å². The molecule has 0 aromatic heterocycles. The number of ether oxygens (including phenoxy) is 1. The molecule has 0 spiro atoms. The summed E-state index contributed by atoms with van der Waals surface area (Å²) in [6, 6.07) is 8.73. The highest BCUT2D eigenvalue weighted by molar-refractivity contribution is 9.18. The molecule has 1 aliphatic heterocycles. The van der Waals surface area contributed by atoms with Crippen LogP contribution in [-0.4, -0.2) is 40.9 Å². The molecule has 0 radical (unpaired) electrons. The number of alkyl carbamates (subject to hydrolysis) is 1. The van der Waals surface area contributed by atoms with Gasteiger partial charge in [0.15, 0.2) is 6.10 Å². The van der Waals surface area contributed by atoms with Crippen molar-refractivity contribution in [3.8, 4) is 0 Å². The van der Waals surface area contributed by atoms with Crippen LogP contribution in [0.2, 0.25) is 0 Å². The maximum absolute atomic E-state index is 12.6. The summed E-state index contributed by atoms with van der Waals surface area (Å²) in [6.45, 7) is 5.62. The minimum absolute atomic E-state index is 0.216. The Bertz CT molecular complexity index is 658. The van der Waals surface area contributed by atoms with Gasteiger partial charge in [0.2, 0.25) is 5.91 Å². The highest BCUT2D eigenvalue weighted by Crippen LogP contribution is 2.13. The third-order valence-corrected chi connectivity index (χ3v) is 3.96. The fourth-order valence-electron chi connectivity index (χ4n) is 2.35. The average molecular weight is 426 g/mol. The first-order valence-corrected chi connectivity index (χ1v) is 9.21. The maximum atomic E-state index is 12.6. The highest BCUT2D eigenvalue weighted by atomic mass is 79.9. The van der Waals surface area contributed by atoms with Gasteiger partial charge in [0.1, 0.15) is 16.3 Å². The van der Waals surface area contributed by atoms with Gasteiger partial charge in [-0.1, -0.05) is 35.5 Å². The lowest BCUT2D eigenvalue weighted by molar-refractivity contribution is -0.123. The zero-order valence-corrected chi connectivity index (χ0v) is 16.7. The minimum atomic E-state index is -0.752.